The van der Waals surface area contributed by atoms with Crippen molar-refractivity contribution in [3.05, 3.63) is 57.3 Å². The first-order valence-electron chi connectivity index (χ1n) is 7.54. The molecule has 0 unspecified atom stereocenters. The number of carbonyl (C=O) groups is 1. The smallest absolute Gasteiger partial charge is 0.174 e. The Balaban J connectivity index is 1.94. The minimum atomic E-state index is 0.198. The van der Waals surface area contributed by atoms with Gasteiger partial charge in [-0.2, -0.15) is 0 Å². The molecule has 1 aromatic heterocycles. The first kappa shape index (κ1) is 18.3. The van der Waals surface area contributed by atoms with Crippen molar-refractivity contribution < 1.29 is 9.53 Å². The molecule has 2 aromatic rings. The Labute approximate surface area is 150 Å². The third kappa shape index (κ3) is 4.96. The zero-order valence-electron chi connectivity index (χ0n) is 13.8. The number of Topliss-reactive ketones (excluding diaryl/α,β-unsaturated/α-hetero) is 1. The molecule has 0 aliphatic heterocycles. The van der Waals surface area contributed by atoms with Crippen molar-refractivity contribution in [3.63, 3.8) is 0 Å². The monoisotopic (exact) mass is 395 g/mol. The van der Waals surface area contributed by atoms with Crippen molar-refractivity contribution in [2.24, 2.45) is 0 Å². The number of carbonyl (C=O) groups excluding carboxylic acids is 1. The number of ketones is 1. The lowest BCUT2D eigenvalue weighted by Crippen LogP contribution is -2.09. The largest absolute Gasteiger partial charge is 0.383 e. The third-order valence-electron chi connectivity index (χ3n) is 3.81. The number of methoxy groups -OCH3 is 1. The van der Waals surface area contributed by atoms with E-state index in [4.69, 9.17) is 4.74 Å². The third-order valence-corrected chi connectivity index (χ3v) is 5.34. The Hall–Kier alpha value is -1.04. The minimum absolute atomic E-state index is 0.198. The second kappa shape index (κ2) is 8.71. The predicted octanol–water partition coefficient (Wildman–Crippen LogP) is 4.63. The summed E-state index contributed by atoms with van der Waals surface area (Å²) in [6.45, 7) is 5.49. The maximum atomic E-state index is 12.5. The van der Waals surface area contributed by atoms with Crippen LogP contribution >= 0.6 is 27.7 Å². The maximum absolute atomic E-state index is 12.5. The number of aromatic nitrogens is 1. The van der Waals surface area contributed by atoms with Crippen LogP contribution < -0.4 is 0 Å². The van der Waals surface area contributed by atoms with Gasteiger partial charge in [0.15, 0.2) is 5.78 Å². The molecule has 124 valence electrons. The van der Waals surface area contributed by atoms with E-state index in [1.54, 1.807) is 18.9 Å². The van der Waals surface area contributed by atoms with Gasteiger partial charge >= 0.3 is 0 Å². The average molecular weight is 396 g/mol. The van der Waals surface area contributed by atoms with Crippen molar-refractivity contribution in [1.29, 1.82) is 0 Å². The van der Waals surface area contributed by atoms with Crippen LogP contribution in [-0.2, 0) is 17.0 Å². The molecule has 0 saturated heterocycles. The minimum Gasteiger partial charge on any atom is -0.383 e. The lowest BCUT2D eigenvalue weighted by molar-refractivity contribution is 0.102. The molecule has 0 aliphatic rings. The van der Waals surface area contributed by atoms with Crippen LogP contribution in [0.25, 0.3) is 0 Å². The molecule has 0 saturated carbocycles. The van der Waals surface area contributed by atoms with Crippen molar-refractivity contribution in [2.45, 2.75) is 26.1 Å². The van der Waals surface area contributed by atoms with E-state index in [0.29, 0.717) is 12.4 Å². The van der Waals surface area contributed by atoms with Crippen molar-refractivity contribution >= 4 is 33.5 Å². The maximum Gasteiger partial charge on any atom is 0.174 e. The predicted molar refractivity (Wildman–Crippen MR) is 100 cm³/mol. The number of thioether (sulfide) groups is 1. The molecular weight excluding hydrogens is 374 g/mol. The van der Waals surface area contributed by atoms with Gasteiger partial charge in [0.25, 0.3) is 0 Å². The molecule has 23 heavy (non-hydrogen) atoms. The topological polar surface area (TPSA) is 31.2 Å². The fourth-order valence-corrected chi connectivity index (χ4v) is 3.67. The number of ether oxygens (including phenoxy) is 1. The molecule has 0 amide bonds. The number of benzene rings is 1. The highest BCUT2D eigenvalue weighted by Gasteiger charge is 2.15. The van der Waals surface area contributed by atoms with E-state index >= 15 is 0 Å². The van der Waals surface area contributed by atoms with Crippen molar-refractivity contribution in [3.8, 4) is 0 Å². The number of rotatable bonds is 8. The summed E-state index contributed by atoms with van der Waals surface area (Å²) in [5.41, 5.74) is 4.22. The van der Waals surface area contributed by atoms with Crippen LogP contribution in [0.3, 0.4) is 0 Å². The molecule has 1 aromatic carbocycles. The van der Waals surface area contributed by atoms with E-state index in [9.17, 15) is 4.79 Å². The first-order chi connectivity index (χ1) is 11.0. The molecule has 0 radical (unpaired) electrons. The van der Waals surface area contributed by atoms with Crippen LogP contribution in [0.2, 0.25) is 0 Å². The fourth-order valence-electron chi connectivity index (χ4n) is 2.53. The van der Waals surface area contributed by atoms with Gasteiger partial charge in [-0.3, -0.25) is 4.79 Å². The molecule has 2 rings (SSSR count). The number of nitrogens with zero attached hydrogens (tertiary/aromatic N) is 1. The second-order valence-electron chi connectivity index (χ2n) is 5.47. The van der Waals surface area contributed by atoms with Crippen LogP contribution in [0.1, 0.15) is 27.3 Å². The van der Waals surface area contributed by atoms with E-state index < -0.39 is 0 Å². The summed E-state index contributed by atoms with van der Waals surface area (Å²) in [5.74, 6) is 1.55. The van der Waals surface area contributed by atoms with E-state index in [-0.39, 0.29) is 5.78 Å². The van der Waals surface area contributed by atoms with Gasteiger partial charge in [-0.05, 0) is 37.6 Å². The zero-order valence-corrected chi connectivity index (χ0v) is 16.2. The zero-order chi connectivity index (χ0) is 16.8. The Kier molecular flexibility index (Phi) is 6.93. The quantitative estimate of drug-likeness (QED) is 0.610. The summed E-state index contributed by atoms with van der Waals surface area (Å²) in [7, 11) is 1.69. The lowest BCUT2D eigenvalue weighted by Gasteiger charge is -2.08. The molecule has 0 spiro atoms. The molecule has 3 nitrogen and oxygen atoms in total. The molecule has 0 aliphatic carbocycles. The van der Waals surface area contributed by atoms with Gasteiger partial charge < -0.3 is 9.30 Å². The van der Waals surface area contributed by atoms with Gasteiger partial charge in [0.05, 0.1) is 12.4 Å². The van der Waals surface area contributed by atoms with Gasteiger partial charge in [0.2, 0.25) is 0 Å². The van der Waals surface area contributed by atoms with Gasteiger partial charge in [-0.25, -0.2) is 0 Å². The highest BCUT2D eigenvalue weighted by molar-refractivity contribution is 9.10. The molecule has 0 atom stereocenters. The fraction of sp³-hybridized carbons (Fsp3) is 0.389. The van der Waals surface area contributed by atoms with Crippen LogP contribution in [0.15, 0.2) is 34.8 Å². The van der Waals surface area contributed by atoms with E-state index in [1.165, 1.54) is 5.56 Å². The first-order valence-corrected chi connectivity index (χ1v) is 9.48. The molecular formula is C18H22BrNO2S. The summed E-state index contributed by atoms with van der Waals surface area (Å²) in [4.78, 5) is 12.5. The standard InChI is InChI=1S/C18H22BrNO2S/c1-13-10-17(14(2)20(13)8-9-22-3)18(21)12-23-11-15-4-6-16(19)7-5-15/h4-7,10H,8-9,11-12H2,1-3H3. The van der Waals surface area contributed by atoms with Gasteiger partial charge in [0, 0.05) is 40.8 Å². The second-order valence-corrected chi connectivity index (χ2v) is 7.37. The summed E-state index contributed by atoms with van der Waals surface area (Å²) >= 11 is 5.09. The molecule has 1 heterocycles. The van der Waals surface area contributed by atoms with E-state index in [2.05, 4.69) is 32.6 Å². The number of hydrogen-bond acceptors (Lipinski definition) is 3. The van der Waals surface area contributed by atoms with Crippen LogP contribution in [-0.4, -0.2) is 29.8 Å². The summed E-state index contributed by atoms with van der Waals surface area (Å²) < 4.78 is 8.36. The van der Waals surface area contributed by atoms with Gasteiger partial charge in [0.1, 0.15) is 0 Å². The molecule has 5 heteroatoms. The van der Waals surface area contributed by atoms with E-state index in [0.717, 1.165) is 33.7 Å². The highest BCUT2D eigenvalue weighted by atomic mass is 79.9. The Morgan fingerprint density at radius 3 is 2.61 bits per heavy atom. The normalized spacial score (nSPS) is 11.0. The summed E-state index contributed by atoms with van der Waals surface area (Å²) in [5, 5.41) is 0. The molecule has 0 N–H and O–H groups in total. The molecule has 0 bridgehead atoms. The Bertz CT molecular complexity index is 664. The number of hydrogen-bond donors (Lipinski definition) is 0. The van der Waals surface area contributed by atoms with Gasteiger partial charge in [-0.15, -0.1) is 11.8 Å². The average Bonchev–Trinajstić information content (AvgIpc) is 2.82. The summed E-state index contributed by atoms with van der Waals surface area (Å²) in [6.07, 6.45) is 0. The molecule has 0 fully saturated rings. The highest BCUT2D eigenvalue weighted by Crippen LogP contribution is 2.20. The van der Waals surface area contributed by atoms with E-state index in [1.807, 2.05) is 32.0 Å². The lowest BCUT2D eigenvalue weighted by atomic mass is 10.2. The van der Waals surface area contributed by atoms with Crippen molar-refractivity contribution in [1.82, 2.24) is 4.57 Å². The van der Waals surface area contributed by atoms with Gasteiger partial charge in [-0.1, -0.05) is 28.1 Å². The number of halogens is 1. The number of aryl methyl sites for hydroxylation is 1. The van der Waals surface area contributed by atoms with Crippen LogP contribution in [0, 0.1) is 13.8 Å². The Morgan fingerprint density at radius 2 is 1.96 bits per heavy atom. The Morgan fingerprint density at radius 1 is 1.26 bits per heavy atom. The SMILES string of the molecule is COCCn1c(C)cc(C(=O)CSCc2ccc(Br)cc2)c1C. The van der Waals surface area contributed by atoms with Crippen LogP contribution in [0.4, 0.5) is 0 Å². The van der Waals surface area contributed by atoms with Crippen LogP contribution in [0.5, 0.6) is 0 Å². The van der Waals surface area contributed by atoms with Crippen molar-refractivity contribution in [2.75, 3.05) is 19.5 Å². The summed E-state index contributed by atoms with van der Waals surface area (Å²) in [6, 6.07) is 10.2.